The number of cyclic esters (lactones) is 1. The zero-order valence-corrected chi connectivity index (χ0v) is 17.0. The first kappa shape index (κ1) is 21.1. The van der Waals surface area contributed by atoms with Crippen LogP contribution in [0.15, 0.2) is 48.5 Å². The number of nitrogen functional groups attached to an aromatic ring is 1. The Morgan fingerprint density at radius 1 is 1.28 bits per heavy atom. The van der Waals surface area contributed by atoms with E-state index in [1.54, 1.807) is 18.2 Å². The van der Waals surface area contributed by atoms with Gasteiger partial charge in [0.15, 0.2) is 6.10 Å². The Kier molecular flexibility index (Phi) is 5.85. The van der Waals surface area contributed by atoms with Crippen LogP contribution in [0.25, 0.3) is 5.69 Å². The van der Waals surface area contributed by atoms with E-state index in [9.17, 15) is 19.2 Å². The number of anilines is 1. The fraction of sp³-hybridized carbons (Fsp3) is 0.217. The molecule has 1 aromatic heterocycles. The first-order valence-electron chi connectivity index (χ1n) is 10.1. The number of nitrogens with zero attached hydrogens (tertiary/aromatic N) is 3. The Hall–Kier alpha value is -4.19. The monoisotopic (exact) mass is 433 g/mol. The van der Waals surface area contributed by atoms with E-state index in [1.807, 2.05) is 6.07 Å². The third-order valence-corrected chi connectivity index (χ3v) is 5.25. The normalized spacial score (nSPS) is 14.9. The number of halogens is 1. The van der Waals surface area contributed by atoms with E-state index < -0.39 is 12.1 Å². The predicted molar refractivity (Wildman–Crippen MR) is 113 cm³/mol. The summed E-state index contributed by atoms with van der Waals surface area (Å²) in [7, 11) is 0. The molecule has 9 heteroatoms. The van der Waals surface area contributed by atoms with Crippen molar-refractivity contribution in [3.8, 4) is 11.8 Å². The maximum atomic E-state index is 13.2. The van der Waals surface area contributed by atoms with Crippen LogP contribution in [0.2, 0.25) is 0 Å². The third-order valence-electron chi connectivity index (χ3n) is 5.25. The van der Waals surface area contributed by atoms with Gasteiger partial charge in [-0.05, 0) is 48.7 Å². The number of aryl methyl sites for hydroxylation is 1. The standard InChI is InChI=1S/C23H20FN5O3/c24-15-7-9-16(10-8-15)29-21(26)18(13-25)19(28-29)6-3-11-27-22(30)20-12-14-4-1-2-5-17(14)23(31)32-20/h1-2,4-5,7-10,20H,3,6,11-12,26H2,(H,27,30). The van der Waals surface area contributed by atoms with E-state index in [4.69, 9.17) is 10.5 Å². The number of amides is 1. The molecule has 3 aromatic rings. The van der Waals surface area contributed by atoms with Crippen molar-refractivity contribution in [3.63, 3.8) is 0 Å². The molecule has 1 atom stereocenters. The number of hydrogen-bond donors (Lipinski definition) is 2. The summed E-state index contributed by atoms with van der Waals surface area (Å²) in [6.07, 6.45) is 0.345. The molecular weight excluding hydrogens is 413 g/mol. The van der Waals surface area contributed by atoms with Crippen molar-refractivity contribution in [3.05, 3.63) is 76.7 Å². The lowest BCUT2D eigenvalue weighted by Crippen LogP contribution is -2.42. The van der Waals surface area contributed by atoms with Crippen LogP contribution in [-0.2, 0) is 22.4 Å². The molecule has 4 rings (SSSR count). The molecule has 1 aliphatic heterocycles. The summed E-state index contributed by atoms with van der Waals surface area (Å²) >= 11 is 0. The second kappa shape index (κ2) is 8.89. The van der Waals surface area contributed by atoms with E-state index in [1.165, 1.54) is 28.9 Å². The van der Waals surface area contributed by atoms with Crippen LogP contribution in [0, 0.1) is 17.1 Å². The number of nitrogens with two attached hydrogens (primary N) is 1. The van der Waals surface area contributed by atoms with Gasteiger partial charge in [-0.25, -0.2) is 13.9 Å². The number of hydrogen-bond acceptors (Lipinski definition) is 6. The van der Waals surface area contributed by atoms with Gasteiger partial charge >= 0.3 is 5.97 Å². The van der Waals surface area contributed by atoms with Crippen LogP contribution < -0.4 is 11.1 Å². The molecule has 0 radical (unpaired) electrons. The molecule has 1 unspecified atom stereocenters. The Morgan fingerprint density at radius 3 is 2.78 bits per heavy atom. The van der Waals surface area contributed by atoms with Gasteiger partial charge in [0, 0.05) is 13.0 Å². The number of nitriles is 1. The van der Waals surface area contributed by atoms with Crippen molar-refractivity contribution in [1.29, 1.82) is 5.26 Å². The summed E-state index contributed by atoms with van der Waals surface area (Å²) in [6.45, 7) is 0.308. The third kappa shape index (κ3) is 4.16. The molecular formula is C23H20FN5O3. The number of ether oxygens (including phenoxy) is 1. The van der Waals surface area contributed by atoms with Crippen LogP contribution in [0.3, 0.4) is 0 Å². The minimum atomic E-state index is -0.875. The minimum Gasteiger partial charge on any atom is -0.448 e. The van der Waals surface area contributed by atoms with E-state index in [0.717, 1.165) is 5.56 Å². The summed E-state index contributed by atoms with van der Waals surface area (Å²) in [5, 5.41) is 16.6. The van der Waals surface area contributed by atoms with E-state index >= 15 is 0 Å². The molecule has 2 aromatic carbocycles. The predicted octanol–water partition coefficient (Wildman–Crippen LogP) is 2.30. The lowest BCUT2D eigenvalue weighted by atomic mass is 9.98. The van der Waals surface area contributed by atoms with Crippen LogP contribution in [0.5, 0.6) is 0 Å². The first-order chi connectivity index (χ1) is 15.5. The quantitative estimate of drug-likeness (QED) is 0.454. The Labute approximate surface area is 183 Å². The molecule has 1 aliphatic rings. The average Bonchev–Trinajstić information content (AvgIpc) is 3.12. The maximum Gasteiger partial charge on any atom is 0.339 e. The fourth-order valence-corrected chi connectivity index (χ4v) is 3.61. The number of aromatic nitrogens is 2. The second-order valence-corrected chi connectivity index (χ2v) is 7.36. The molecule has 0 saturated carbocycles. The van der Waals surface area contributed by atoms with Crippen molar-refractivity contribution in [2.75, 3.05) is 12.3 Å². The number of rotatable bonds is 6. The molecule has 3 N–H and O–H groups in total. The number of fused-ring (bicyclic) bond motifs is 1. The van der Waals surface area contributed by atoms with Gasteiger partial charge in [0.1, 0.15) is 23.3 Å². The highest BCUT2D eigenvalue weighted by Crippen LogP contribution is 2.22. The van der Waals surface area contributed by atoms with Gasteiger partial charge in [0.2, 0.25) is 0 Å². The molecule has 0 aliphatic carbocycles. The largest absolute Gasteiger partial charge is 0.448 e. The summed E-state index contributed by atoms with van der Waals surface area (Å²) in [4.78, 5) is 24.5. The minimum absolute atomic E-state index is 0.172. The highest BCUT2D eigenvalue weighted by molar-refractivity contribution is 5.95. The lowest BCUT2D eigenvalue weighted by molar-refractivity contribution is -0.130. The molecule has 0 spiro atoms. The van der Waals surface area contributed by atoms with Crippen LogP contribution in [-0.4, -0.2) is 34.3 Å². The number of nitrogens with one attached hydrogen (secondary N) is 1. The van der Waals surface area contributed by atoms with Gasteiger partial charge in [0.05, 0.1) is 16.9 Å². The van der Waals surface area contributed by atoms with Crippen molar-refractivity contribution in [1.82, 2.24) is 15.1 Å². The summed E-state index contributed by atoms with van der Waals surface area (Å²) in [5.41, 5.74) is 8.59. The van der Waals surface area contributed by atoms with Crippen molar-refractivity contribution < 1.29 is 18.7 Å². The van der Waals surface area contributed by atoms with Gasteiger partial charge in [-0.2, -0.15) is 10.4 Å². The first-order valence-corrected chi connectivity index (χ1v) is 10.1. The van der Waals surface area contributed by atoms with Gasteiger partial charge in [-0.1, -0.05) is 18.2 Å². The van der Waals surface area contributed by atoms with Crippen molar-refractivity contribution >= 4 is 17.7 Å². The van der Waals surface area contributed by atoms with Crippen LogP contribution in [0.4, 0.5) is 10.2 Å². The highest BCUT2D eigenvalue weighted by atomic mass is 19.1. The molecule has 0 saturated heterocycles. The topological polar surface area (TPSA) is 123 Å². The van der Waals surface area contributed by atoms with Crippen LogP contribution in [0.1, 0.15) is 33.6 Å². The van der Waals surface area contributed by atoms with Crippen LogP contribution >= 0.6 is 0 Å². The highest BCUT2D eigenvalue weighted by Gasteiger charge is 2.30. The Balaban J connectivity index is 1.35. The maximum absolute atomic E-state index is 13.2. The molecule has 8 nitrogen and oxygen atoms in total. The van der Waals surface area contributed by atoms with Crippen molar-refractivity contribution in [2.45, 2.75) is 25.4 Å². The van der Waals surface area contributed by atoms with E-state index in [2.05, 4.69) is 16.5 Å². The average molecular weight is 433 g/mol. The van der Waals surface area contributed by atoms with Gasteiger partial charge in [-0.3, -0.25) is 4.79 Å². The zero-order valence-electron chi connectivity index (χ0n) is 17.0. The molecule has 32 heavy (non-hydrogen) atoms. The summed E-state index contributed by atoms with van der Waals surface area (Å²) in [6, 6.07) is 14.7. The van der Waals surface area contributed by atoms with Crippen molar-refractivity contribution in [2.24, 2.45) is 0 Å². The van der Waals surface area contributed by atoms with Gasteiger partial charge < -0.3 is 15.8 Å². The Morgan fingerprint density at radius 2 is 2.03 bits per heavy atom. The molecule has 0 fully saturated rings. The molecule has 162 valence electrons. The Bertz CT molecular complexity index is 1210. The zero-order chi connectivity index (χ0) is 22.7. The summed E-state index contributed by atoms with van der Waals surface area (Å²) in [5.74, 6) is -1.09. The smallest absolute Gasteiger partial charge is 0.339 e. The lowest BCUT2D eigenvalue weighted by Gasteiger charge is -2.23. The molecule has 2 heterocycles. The van der Waals surface area contributed by atoms with E-state index in [0.29, 0.717) is 42.8 Å². The SMILES string of the molecule is N#Cc1c(CCCNC(=O)C2Cc3ccccc3C(=O)O2)nn(-c2ccc(F)cc2)c1N. The molecule has 0 bridgehead atoms. The van der Waals surface area contributed by atoms with E-state index in [-0.39, 0.29) is 23.1 Å². The fourth-order valence-electron chi connectivity index (χ4n) is 3.61. The number of benzene rings is 2. The number of esters is 1. The number of carbonyl (C=O) groups is 2. The molecule has 1 amide bonds. The van der Waals surface area contributed by atoms with Gasteiger partial charge in [-0.15, -0.1) is 0 Å². The van der Waals surface area contributed by atoms with Gasteiger partial charge in [0.25, 0.3) is 5.91 Å². The second-order valence-electron chi connectivity index (χ2n) is 7.36. The summed E-state index contributed by atoms with van der Waals surface area (Å²) < 4.78 is 19.8. The number of carbonyl (C=O) groups excluding carboxylic acids is 2.